The van der Waals surface area contributed by atoms with Crippen molar-refractivity contribution in [3.8, 4) is 11.5 Å². The molecule has 2 rings (SSSR count). The molecule has 0 amide bonds. The number of rotatable bonds is 14. The number of pyridine rings is 1. The fourth-order valence-corrected chi connectivity index (χ4v) is 10.4. The van der Waals surface area contributed by atoms with E-state index in [-0.39, 0.29) is 11.4 Å². The average molecular weight is 747 g/mol. The minimum atomic E-state index is -4.77. The second-order valence-corrected chi connectivity index (χ2v) is 19.6. The Hall–Kier alpha value is -1.59. The van der Waals surface area contributed by atoms with Gasteiger partial charge in [0.2, 0.25) is 0 Å². The maximum Gasteiger partial charge on any atom is 0.402 e. The largest absolute Gasteiger partial charge is 0.497 e. The molecule has 1 heterocycles. The molecule has 0 saturated carbocycles. The minimum Gasteiger partial charge on any atom is -0.497 e. The van der Waals surface area contributed by atoms with Gasteiger partial charge in [0, 0.05) is 25.2 Å². The van der Waals surface area contributed by atoms with Gasteiger partial charge in [0.15, 0.2) is 0 Å². The summed E-state index contributed by atoms with van der Waals surface area (Å²) in [6.45, 7) is 8.38. The third kappa shape index (κ3) is 9.71. The van der Waals surface area contributed by atoms with Crippen LogP contribution in [-0.4, -0.2) is 71.0 Å². The summed E-state index contributed by atoms with van der Waals surface area (Å²) in [4.78, 5) is 4.39. The molecule has 1 aromatic carbocycles. The van der Waals surface area contributed by atoms with Crippen LogP contribution < -0.4 is 19.4 Å². The molecule has 0 aliphatic carbocycles. The number of alkyl halides is 3. The number of aromatic nitrogens is 1. The van der Waals surface area contributed by atoms with Gasteiger partial charge in [-0.1, -0.05) is 32.0 Å². The van der Waals surface area contributed by atoms with Gasteiger partial charge in [-0.3, -0.25) is 0 Å². The zero-order chi connectivity index (χ0) is 33.7. The van der Waals surface area contributed by atoms with Crippen molar-refractivity contribution < 1.29 is 35.5 Å². The zero-order valence-corrected chi connectivity index (χ0v) is 30.7. The molecule has 0 saturated heterocycles. The van der Waals surface area contributed by atoms with Crippen LogP contribution in [0.4, 0.5) is 17.6 Å². The third-order valence-electron chi connectivity index (χ3n) is 6.92. The van der Waals surface area contributed by atoms with Crippen LogP contribution in [-0.2, 0) is 33.0 Å². The van der Waals surface area contributed by atoms with Gasteiger partial charge in [-0.2, -0.15) is 13.2 Å². The number of benzene rings is 1. The Morgan fingerprint density at radius 1 is 1.11 bits per heavy atom. The molecule has 8 nitrogen and oxygen atoms in total. The summed E-state index contributed by atoms with van der Waals surface area (Å²) < 4.78 is 104. The van der Waals surface area contributed by atoms with Crippen LogP contribution in [0, 0.1) is 5.82 Å². The molecule has 1 radical (unpaired) electrons. The Bertz CT molecular complexity index is 1450. The molecule has 1 aromatic heterocycles. The monoisotopic (exact) mass is 745 g/mol. The van der Waals surface area contributed by atoms with Gasteiger partial charge in [-0.25, -0.2) is 31.2 Å². The summed E-state index contributed by atoms with van der Waals surface area (Å²) in [5, 5.41) is 0.446. The standard InChI is InChI=1S/C28H42BrF4N4O4S2Si/c1-10-44(11-2)22-15-23(29)35-25(24(22)30)27(6,36-42(38)26(3,4)5)18-43(39,34-7)37(17-28(31,32)33)16-19-12-13-20(40-8)14-21(19)41-9/h12-15,36H,10-11,16-18H2,1-9H3/t27?,42-,43?/m0/s1. The number of hydrogen-bond donors (Lipinski definition) is 1. The van der Waals surface area contributed by atoms with E-state index < -0.39 is 70.8 Å². The van der Waals surface area contributed by atoms with Gasteiger partial charge in [0.25, 0.3) is 0 Å². The van der Waals surface area contributed by atoms with Crippen molar-refractivity contribution in [1.29, 1.82) is 0 Å². The van der Waals surface area contributed by atoms with Crippen LogP contribution in [0.5, 0.6) is 11.5 Å². The van der Waals surface area contributed by atoms with E-state index in [1.165, 1.54) is 33.3 Å². The first kappa shape index (κ1) is 38.6. The first-order chi connectivity index (χ1) is 20.3. The summed E-state index contributed by atoms with van der Waals surface area (Å²) in [5.41, 5.74) is -1.68. The highest BCUT2D eigenvalue weighted by Crippen LogP contribution is 2.33. The molecule has 0 fully saturated rings. The molecule has 0 aliphatic rings. The van der Waals surface area contributed by atoms with Crippen molar-refractivity contribution in [1.82, 2.24) is 14.0 Å². The van der Waals surface area contributed by atoms with Gasteiger partial charge in [-0.15, -0.1) is 0 Å². The van der Waals surface area contributed by atoms with Gasteiger partial charge >= 0.3 is 6.18 Å². The number of nitrogens with zero attached hydrogens (tertiary/aromatic N) is 3. The van der Waals surface area contributed by atoms with Crippen molar-refractivity contribution >= 4 is 50.8 Å². The Labute approximate surface area is 271 Å². The van der Waals surface area contributed by atoms with E-state index in [0.29, 0.717) is 25.4 Å². The molecule has 2 unspecified atom stereocenters. The molecular weight excluding hydrogens is 704 g/mol. The van der Waals surface area contributed by atoms with E-state index in [1.54, 1.807) is 32.9 Å². The van der Waals surface area contributed by atoms with Crippen LogP contribution >= 0.6 is 15.9 Å². The fourth-order valence-electron chi connectivity index (χ4n) is 4.53. The van der Waals surface area contributed by atoms with E-state index in [4.69, 9.17) is 9.47 Å². The van der Waals surface area contributed by atoms with Gasteiger partial charge in [0.1, 0.15) is 38.4 Å². The maximum absolute atomic E-state index is 16.4. The van der Waals surface area contributed by atoms with Crippen molar-refractivity contribution in [3.05, 3.63) is 45.9 Å². The highest BCUT2D eigenvalue weighted by molar-refractivity contribution is 9.10. The molecule has 0 spiro atoms. The minimum absolute atomic E-state index is 0.200. The second kappa shape index (κ2) is 15.3. The zero-order valence-electron chi connectivity index (χ0n) is 26.5. The smallest absolute Gasteiger partial charge is 0.402 e. The summed E-state index contributed by atoms with van der Waals surface area (Å²) in [6.07, 6.45) is -4.77. The molecule has 1 N–H and O–H groups in total. The SMILES string of the molecule is CC[Si](CC)c1cc(Br)nc(C(C)(CS(=O)(=NC)N(Cc2ccc(OC)cc2OC)CC(F)(F)F)N[S@@](=O)C(C)(C)C)c1F. The van der Waals surface area contributed by atoms with Crippen LogP contribution in [0.3, 0.4) is 0 Å². The first-order valence-corrected chi connectivity index (χ1v) is 19.3. The summed E-state index contributed by atoms with van der Waals surface area (Å²) in [5.74, 6) is -0.680. The Balaban J connectivity index is 2.83. The molecule has 249 valence electrons. The normalized spacial score (nSPS) is 16.0. The van der Waals surface area contributed by atoms with Crippen LogP contribution in [0.25, 0.3) is 0 Å². The number of nitrogens with one attached hydrogen (secondary N) is 1. The number of hydrogen-bond acceptors (Lipinski definition) is 6. The van der Waals surface area contributed by atoms with Crippen molar-refractivity contribution in [2.24, 2.45) is 4.36 Å². The van der Waals surface area contributed by atoms with Gasteiger partial charge in [0.05, 0.1) is 55.7 Å². The van der Waals surface area contributed by atoms with E-state index in [9.17, 15) is 21.6 Å². The molecule has 2 aromatic rings. The topological polar surface area (TPSA) is 93.1 Å². The van der Waals surface area contributed by atoms with E-state index in [2.05, 4.69) is 30.0 Å². The average Bonchev–Trinajstić information content (AvgIpc) is 2.93. The van der Waals surface area contributed by atoms with Gasteiger partial charge < -0.3 is 9.47 Å². The van der Waals surface area contributed by atoms with Crippen molar-refractivity contribution in [2.75, 3.05) is 33.6 Å². The lowest BCUT2D eigenvalue weighted by Gasteiger charge is -2.37. The van der Waals surface area contributed by atoms with Crippen LogP contribution in [0.15, 0.2) is 33.2 Å². The van der Waals surface area contributed by atoms with Crippen molar-refractivity contribution in [2.45, 2.75) is 76.6 Å². The van der Waals surface area contributed by atoms with Crippen molar-refractivity contribution in [3.63, 3.8) is 0 Å². The Morgan fingerprint density at radius 3 is 2.20 bits per heavy atom. The highest BCUT2D eigenvalue weighted by atomic mass is 79.9. The van der Waals surface area contributed by atoms with E-state index in [1.807, 2.05) is 13.8 Å². The maximum atomic E-state index is 16.4. The first-order valence-electron chi connectivity index (χ1n) is 13.8. The number of ether oxygens (including phenoxy) is 2. The van der Waals surface area contributed by atoms with Gasteiger partial charge in [-0.05, 0) is 60.9 Å². The lowest BCUT2D eigenvalue weighted by molar-refractivity contribution is -0.136. The molecular formula is C28H42BrF4N4O4S2Si. The van der Waals surface area contributed by atoms with Crippen LogP contribution in [0.1, 0.15) is 52.8 Å². The predicted molar refractivity (Wildman–Crippen MR) is 174 cm³/mol. The molecule has 16 heteroatoms. The predicted octanol–water partition coefficient (Wildman–Crippen LogP) is 6.09. The summed E-state index contributed by atoms with van der Waals surface area (Å²) in [7, 11) is -3.24. The molecule has 3 atom stereocenters. The second-order valence-electron chi connectivity index (χ2n) is 11.3. The Morgan fingerprint density at radius 2 is 1.73 bits per heavy atom. The molecule has 0 aliphatic heterocycles. The summed E-state index contributed by atoms with van der Waals surface area (Å²) >= 11 is 3.37. The summed E-state index contributed by atoms with van der Waals surface area (Å²) in [6, 6.07) is 7.62. The molecule has 44 heavy (non-hydrogen) atoms. The quantitative estimate of drug-likeness (QED) is 0.144. The van der Waals surface area contributed by atoms with Crippen LogP contribution in [0.2, 0.25) is 12.1 Å². The van der Waals surface area contributed by atoms with E-state index in [0.717, 1.165) is 19.1 Å². The lowest BCUT2D eigenvalue weighted by atomic mass is 10.0. The Kier molecular flexibility index (Phi) is 13.4. The molecule has 0 bridgehead atoms. The fraction of sp³-hybridized carbons (Fsp3) is 0.607. The van der Waals surface area contributed by atoms with E-state index >= 15 is 4.39 Å². The third-order valence-corrected chi connectivity index (χ3v) is 14.5. The lowest BCUT2D eigenvalue weighted by Crippen LogP contribution is -2.54. The number of methoxy groups -OCH3 is 2. The number of halogens is 5. The highest BCUT2D eigenvalue weighted by Gasteiger charge is 2.44.